The smallest absolute Gasteiger partial charge is 0.242 e. The Morgan fingerprint density at radius 2 is 2.07 bits per heavy atom. The molecule has 7 nitrogen and oxygen atoms in total. The fraction of sp³-hybridized carbons (Fsp3) is 0.412. The van der Waals surface area contributed by atoms with E-state index in [1.165, 1.54) is 0 Å². The van der Waals surface area contributed by atoms with Crippen LogP contribution in [0.5, 0.6) is 17.2 Å². The van der Waals surface area contributed by atoms with Crippen LogP contribution >= 0.6 is 15.9 Å². The minimum absolute atomic E-state index is 0.0659. The van der Waals surface area contributed by atoms with E-state index in [2.05, 4.69) is 20.7 Å². The molecule has 0 fully saturated rings. The van der Waals surface area contributed by atoms with Gasteiger partial charge in [0.25, 0.3) is 0 Å². The van der Waals surface area contributed by atoms with Gasteiger partial charge in [0.15, 0.2) is 17.3 Å². The fourth-order valence-electron chi connectivity index (χ4n) is 2.40. The first kappa shape index (κ1) is 22.0. The van der Waals surface area contributed by atoms with Gasteiger partial charge in [-0.2, -0.15) is 0 Å². The summed E-state index contributed by atoms with van der Waals surface area (Å²) in [4.78, 5) is -0.315. The first-order chi connectivity index (χ1) is 12.6. The van der Waals surface area contributed by atoms with Crippen LogP contribution in [-0.4, -0.2) is 35.8 Å². The van der Waals surface area contributed by atoms with Crippen LogP contribution in [-0.2, 0) is 11.3 Å². The Morgan fingerprint density at radius 1 is 1.37 bits per heavy atom. The number of halogens is 1. The van der Waals surface area contributed by atoms with Crippen LogP contribution in [0.3, 0.4) is 0 Å². The van der Waals surface area contributed by atoms with Crippen molar-refractivity contribution in [1.29, 1.82) is 0 Å². The molecule has 2 rings (SSSR count). The van der Waals surface area contributed by atoms with E-state index in [1.54, 1.807) is 25.3 Å². The predicted octanol–water partition coefficient (Wildman–Crippen LogP) is 4.43. The molecular weight excluding hydrogens is 454 g/mol. The molecule has 3 N–H and O–H groups in total. The van der Waals surface area contributed by atoms with E-state index in [0.717, 1.165) is 0 Å². The lowest BCUT2D eigenvalue weighted by atomic mass is 10.1. The monoisotopic (exact) mass is 477 g/mol. The maximum atomic E-state index is 10.8. The summed E-state index contributed by atoms with van der Waals surface area (Å²) >= 11 is 1.45. The van der Waals surface area contributed by atoms with Gasteiger partial charge in [0, 0.05) is 12.1 Å². The molecule has 150 valence electrons. The molecule has 0 radical (unpaired) electrons. The fourth-order valence-corrected chi connectivity index (χ4v) is 4.03. The van der Waals surface area contributed by atoms with Crippen molar-refractivity contribution in [3.8, 4) is 28.6 Å². The normalized spacial score (nSPS) is 14.0. The molecule has 1 aromatic heterocycles. The third-order valence-electron chi connectivity index (χ3n) is 3.51. The highest BCUT2D eigenvalue weighted by atomic mass is 79.9. The molecule has 0 saturated heterocycles. The third kappa shape index (κ3) is 6.08. The topological polar surface area (TPSA) is 101 Å². The van der Waals surface area contributed by atoms with Gasteiger partial charge >= 0.3 is 0 Å². The van der Waals surface area contributed by atoms with Crippen LogP contribution < -0.4 is 13.9 Å². The Morgan fingerprint density at radius 3 is 2.67 bits per heavy atom. The predicted molar refractivity (Wildman–Crippen MR) is 111 cm³/mol. The van der Waals surface area contributed by atoms with Crippen LogP contribution in [0.1, 0.15) is 17.0 Å². The second-order valence-corrected chi connectivity index (χ2v) is 13.1. The molecule has 1 aromatic carbocycles. The minimum atomic E-state index is -2.08. The van der Waals surface area contributed by atoms with Crippen molar-refractivity contribution in [2.75, 3.05) is 13.7 Å². The van der Waals surface area contributed by atoms with Crippen LogP contribution in [0.15, 0.2) is 28.7 Å². The van der Waals surface area contributed by atoms with E-state index in [1.807, 2.05) is 25.7 Å². The number of hydrogen-bond acceptors (Lipinski definition) is 5. The maximum Gasteiger partial charge on any atom is 0.242 e. The van der Waals surface area contributed by atoms with Gasteiger partial charge in [-0.25, -0.2) is 8.93 Å². The second kappa shape index (κ2) is 9.24. The maximum absolute atomic E-state index is 10.8. The number of ether oxygens (including phenoxy) is 1. The summed E-state index contributed by atoms with van der Waals surface area (Å²) in [5.74, 6) is 1.61. The van der Waals surface area contributed by atoms with E-state index in [9.17, 15) is 9.32 Å². The van der Waals surface area contributed by atoms with E-state index >= 15 is 0 Å². The van der Waals surface area contributed by atoms with Gasteiger partial charge in [-0.15, -0.1) is 0 Å². The van der Waals surface area contributed by atoms with Gasteiger partial charge in [0.05, 0.1) is 11.9 Å². The van der Waals surface area contributed by atoms with Gasteiger partial charge in [0.2, 0.25) is 25.3 Å². The van der Waals surface area contributed by atoms with Crippen molar-refractivity contribution in [1.82, 2.24) is 4.72 Å². The molecule has 10 heteroatoms. The first-order valence-corrected chi connectivity index (χ1v) is 13.7. The summed E-state index contributed by atoms with van der Waals surface area (Å²) in [6, 6.07) is 7.18. The largest absolute Gasteiger partial charge is 0.539 e. The highest BCUT2D eigenvalue weighted by molar-refractivity contribution is 9.09. The lowest BCUT2D eigenvalue weighted by molar-refractivity contribution is 0.414. The summed E-state index contributed by atoms with van der Waals surface area (Å²) < 4.78 is 39.3. The molecule has 0 spiro atoms. The molecule has 0 saturated carbocycles. The highest BCUT2D eigenvalue weighted by Crippen LogP contribution is 2.49. The third-order valence-corrected chi connectivity index (χ3v) is 5.66. The van der Waals surface area contributed by atoms with Crippen molar-refractivity contribution in [2.45, 2.75) is 30.9 Å². The van der Waals surface area contributed by atoms with Crippen molar-refractivity contribution in [2.24, 2.45) is 0 Å². The summed E-state index contributed by atoms with van der Waals surface area (Å²) in [7, 11) is -0.463. The van der Waals surface area contributed by atoms with Crippen molar-refractivity contribution in [3.05, 3.63) is 30.0 Å². The van der Waals surface area contributed by atoms with Crippen LogP contribution in [0, 0.1) is 0 Å². The van der Waals surface area contributed by atoms with Crippen molar-refractivity contribution >= 4 is 35.5 Å². The average molecular weight is 478 g/mol. The van der Waals surface area contributed by atoms with Crippen LogP contribution in [0.2, 0.25) is 19.6 Å². The zero-order valence-corrected chi connectivity index (χ0v) is 19.0. The van der Waals surface area contributed by atoms with Gasteiger partial charge in [-0.05, 0) is 38.2 Å². The molecule has 2 aromatic rings. The standard InChI is InChI=1S/C17H24BrNO6SSi/c1-23-12-7-5-6-11(10-12)15-14(20)17(25-27(2,3)4)16(24-15)13(18)8-9-19-26(21)22/h5-7,10,13,19-20H,8-9H2,1-4H3,(H,21,22). The Bertz CT molecular complexity index is 807. The zero-order valence-electron chi connectivity index (χ0n) is 15.6. The number of methoxy groups -OCH3 is 1. The van der Waals surface area contributed by atoms with Crippen LogP contribution in [0.4, 0.5) is 0 Å². The number of alkyl halides is 1. The van der Waals surface area contributed by atoms with Gasteiger partial charge in [-0.1, -0.05) is 28.1 Å². The molecule has 27 heavy (non-hydrogen) atoms. The SMILES string of the molecule is COc1cccc(-c2oc(C(Br)CCNS(=O)O)c(O[Si](C)(C)C)c2O)c1. The molecule has 0 aliphatic rings. The zero-order chi connectivity index (χ0) is 20.2. The highest BCUT2D eigenvalue weighted by Gasteiger charge is 2.30. The first-order valence-electron chi connectivity index (χ1n) is 8.30. The van der Waals surface area contributed by atoms with E-state index in [-0.39, 0.29) is 17.1 Å². The molecule has 1 heterocycles. The average Bonchev–Trinajstić information content (AvgIpc) is 2.90. The molecule has 0 aliphatic carbocycles. The molecule has 2 atom stereocenters. The minimum Gasteiger partial charge on any atom is -0.539 e. The molecule has 0 aliphatic heterocycles. The van der Waals surface area contributed by atoms with Crippen molar-refractivity contribution < 1.29 is 27.4 Å². The Kier molecular flexibility index (Phi) is 7.52. The van der Waals surface area contributed by atoms with E-state index in [4.69, 9.17) is 18.1 Å². The van der Waals surface area contributed by atoms with E-state index < -0.39 is 19.6 Å². The lowest BCUT2D eigenvalue weighted by Crippen LogP contribution is -2.29. The molecular formula is C17H24BrNO6SSi. The number of hydrogen-bond donors (Lipinski definition) is 3. The second-order valence-electron chi connectivity index (χ2n) is 6.82. The molecule has 0 amide bonds. The number of benzene rings is 1. The molecule has 0 bridgehead atoms. The molecule has 2 unspecified atom stereocenters. The number of furan rings is 1. The quantitative estimate of drug-likeness (QED) is 0.280. The summed E-state index contributed by atoms with van der Waals surface area (Å²) in [5, 5.41) is 10.8. The van der Waals surface area contributed by atoms with Gasteiger partial charge in [-0.3, -0.25) is 4.55 Å². The number of rotatable bonds is 9. The van der Waals surface area contributed by atoms with Gasteiger partial charge in [0.1, 0.15) is 5.75 Å². The van der Waals surface area contributed by atoms with Crippen LogP contribution in [0.25, 0.3) is 11.3 Å². The van der Waals surface area contributed by atoms with Crippen molar-refractivity contribution in [3.63, 3.8) is 0 Å². The Balaban J connectivity index is 2.42. The summed E-state index contributed by atoms with van der Waals surface area (Å²) in [6.07, 6.45) is 0.457. The lowest BCUT2D eigenvalue weighted by Gasteiger charge is -2.20. The Labute approximate surface area is 170 Å². The summed E-state index contributed by atoms with van der Waals surface area (Å²) in [5.41, 5.74) is 0.660. The Hall–Kier alpha value is -1.33. The van der Waals surface area contributed by atoms with Gasteiger partial charge < -0.3 is 18.7 Å². The summed E-state index contributed by atoms with van der Waals surface area (Å²) in [6.45, 7) is 6.30. The number of aromatic hydroxyl groups is 1. The number of nitrogens with one attached hydrogen (secondary N) is 1. The van der Waals surface area contributed by atoms with E-state index in [0.29, 0.717) is 35.0 Å².